The molecule has 1 heterocycles. The zero-order valence-corrected chi connectivity index (χ0v) is 18.7. The molecule has 0 fully saturated rings. The van der Waals surface area contributed by atoms with Crippen LogP contribution in [-0.4, -0.2) is 49.3 Å². The van der Waals surface area contributed by atoms with Crippen molar-refractivity contribution in [1.82, 2.24) is 20.4 Å². The van der Waals surface area contributed by atoms with Crippen molar-refractivity contribution >= 4 is 15.8 Å². The number of benzene rings is 1. The smallest absolute Gasteiger partial charge is 0.191 e. The van der Waals surface area contributed by atoms with Gasteiger partial charge < -0.3 is 10.6 Å². The van der Waals surface area contributed by atoms with E-state index in [2.05, 4.69) is 41.7 Å². The molecule has 1 aromatic carbocycles. The standard InChI is InChI=1S/C21H33N5O2S/c1-5-22-20(24-17-21(2,3)11-14-29(4,27)28)23-15-18-9-6-7-10-19(18)16-26-13-8-12-25-26/h6-10,12-13H,5,11,14-17H2,1-4H3,(H2,22,23,24). The number of hydrogen-bond donors (Lipinski definition) is 2. The van der Waals surface area contributed by atoms with E-state index in [0.29, 0.717) is 26.1 Å². The monoisotopic (exact) mass is 419 g/mol. The largest absolute Gasteiger partial charge is 0.357 e. The van der Waals surface area contributed by atoms with Crippen LogP contribution in [0.4, 0.5) is 0 Å². The zero-order chi connectivity index (χ0) is 21.3. The van der Waals surface area contributed by atoms with Gasteiger partial charge in [-0.2, -0.15) is 5.10 Å². The van der Waals surface area contributed by atoms with Crippen LogP contribution in [0.5, 0.6) is 0 Å². The highest BCUT2D eigenvalue weighted by Crippen LogP contribution is 2.19. The number of guanidine groups is 1. The summed E-state index contributed by atoms with van der Waals surface area (Å²) in [6, 6.07) is 10.1. The van der Waals surface area contributed by atoms with Gasteiger partial charge in [0.05, 0.1) is 18.8 Å². The van der Waals surface area contributed by atoms with E-state index in [9.17, 15) is 8.42 Å². The second-order valence-electron chi connectivity index (χ2n) is 8.07. The third-order valence-corrected chi connectivity index (χ3v) is 5.59. The summed E-state index contributed by atoms with van der Waals surface area (Å²) in [5.74, 6) is 0.921. The Morgan fingerprint density at radius 3 is 2.52 bits per heavy atom. The fraction of sp³-hybridized carbons (Fsp3) is 0.524. The molecule has 8 heteroatoms. The molecule has 29 heavy (non-hydrogen) atoms. The summed E-state index contributed by atoms with van der Waals surface area (Å²) in [4.78, 5) is 4.73. The lowest BCUT2D eigenvalue weighted by molar-refractivity contribution is 0.348. The summed E-state index contributed by atoms with van der Waals surface area (Å²) in [7, 11) is -2.96. The molecule has 2 rings (SSSR count). The Labute approximate surface area is 174 Å². The molecule has 2 N–H and O–H groups in total. The lowest BCUT2D eigenvalue weighted by Crippen LogP contribution is -2.42. The summed E-state index contributed by atoms with van der Waals surface area (Å²) >= 11 is 0. The lowest BCUT2D eigenvalue weighted by Gasteiger charge is -2.25. The van der Waals surface area contributed by atoms with Crippen molar-refractivity contribution in [3.63, 3.8) is 0 Å². The van der Waals surface area contributed by atoms with Crippen molar-refractivity contribution in [1.29, 1.82) is 0 Å². The van der Waals surface area contributed by atoms with E-state index in [0.717, 1.165) is 18.1 Å². The second-order valence-corrected chi connectivity index (χ2v) is 10.3. The van der Waals surface area contributed by atoms with Gasteiger partial charge in [-0.05, 0) is 36.0 Å². The molecule has 0 aliphatic carbocycles. The first kappa shape index (κ1) is 22.9. The molecule has 1 aromatic heterocycles. The minimum Gasteiger partial charge on any atom is -0.357 e. The van der Waals surface area contributed by atoms with Crippen LogP contribution in [0.25, 0.3) is 0 Å². The quantitative estimate of drug-likeness (QED) is 0.456. The van der Waals surface area contributed by atoms with Crippen LogP contribution in [0.2, 0.25) is 0 Å². The van der Waals surface area contributed by atoms with Crippen molar-refractivity contribution < 1.29 is 8.42 Å². The summed E-state index contributed by atoms with van der Waals surface area (Å²) < 4.78 is 24.8. The number of nitrogens with one attached hydrogen (secondary N) is 2. The first-order chi connectivity index (χ1) is 13.7. The molecule has 160 valence electrons. The first-order valence-electron chi connectivity index (χ1n) is 9.93. The Bertz CT molecular complexity index is 890. The van der Waals surface area contributed by atoms with E-state index < -0.39 is 9.84 Å². The molecule has 0 aliphatic heterocycles. The molecule has 0 spiro atoms. The fourth-order valence-corrected chi connectivity index (χ4v) is 3.74. The van der Waals surface area contributed by atoms with Crippen LogP contribution in [-0.2, 0) is 22.9 Å². The number of rotatable bonds is 10. The van der Waals surface area contributed by atoms with Crippen molar-refractivity contribution in [3.05, 3.63) is 53.9 Å². The SMILES string of the molecule is CCNC(=NCc1ccccc1Cn1cccn1)NCC(C)(C)CCS(C)(=O)=O. The van der Waals surface area contributed by atoms with E-state index in [1.807, 2.05) is 36.0 Å². The average molecular weight is 420 g/mol. The zero-order valence-electron chi connectivity index (χ0n) is 17.9. The maximum atomic E-state index is 11.5. The van der Waals surface area contributed by atoms with Gasteiger partial charge in [-0.25, -0.2) is 13.4 Å². The fourth-order valence-electron chi connectivity index (χ4n) is 2.81. The molecule has 2 aromatic rings. The van der Waals surface area contributed by atoms with E-state index in [1.165, 1.54) is 11.8 Å². The van der Waals surface area contributed by atoms with Gasteiger partial charge in [-0.15, -0.1) is 0 Å². The molecule has 0 saturated carbocycles. The van der Waals surface area contributed by atoms with E-state index in [-0.39, 0.29) is 11.2 Å². The van der Waals surface area contributed by atoms with E-state index in [4.69, 9.17) is 4.99 Å². The summed E-state index contributed by atoms with van der Waals surface area (Å²) in [5.41, 5.74) is 2.18. The normalized spacial score (nSPS) is 12.8. The molecule has 0 unspecified atom stereocenters. The van der Waals surface area contributed by atoms with Crippen molar-refractivity contribution in [2.45, 2.75) is 40.3 Å². The number of hydrogen-bond acceptors (Lipinski definition) is 4. The van der Waals surface area contributed by atoms with Crippen LogP contribution < -0.4 is 10.6 Å². The van der Waals surface area contributed by atoms with Crippen LogP contribution in [0.15, 0.2) is 47.7 Å². The first-order valence-corrected chi connectivity index (χ1v) is 12.0. The number of aliphatic imine (C=N–C) groups is 1. The molecule has 0 amide bonds. The third kappa shape index (κ3) is 8.68. The van der Waals surface area contributed by atoms with Gasteiger partial charge in [-0.3, -0.25) is 4.68 Å². The molecular formula is C21H33N5O2S. The van der Waals surface area contributed by atoms with Crippen molar-refractivity contribution in [2.75, 3.05) is 25.1 Å². The maximum absolute atomic E-state index is 11.5. The van der Waals surface area contributed by atoms with Crippen LogP contribution >= 0.6 is 0 Å². The molecule has 0 saturated heterocycles. The molecule has 0 aliphatic rings. The highest BCUT2D eigenvalue weighted by molar-refractivity contribution is 7.90. The Kier molecular flexibility index (Phi) is 8.25. The van der Waals surface area contributed by atoms with Crippen LogP contribution in [0.3, 0.4) is 0 Å². The van der Waals surface area contributed by atoms with Gasteiger partial charge in [0.25, 0.3) is 0 Å². The Morgan fingerprint density at radius 2 is 1.90 bits per heavy atom. The lowest BCUT2D eigenvalue weighted by atomic mass is 9.90. The number of nitrogens with zero attached hydrogens (tertiary/aromatic N) is 3. The second kappa shape index (κ2) is 10.4. The number of sulfone groups is 1. The van der Waals surface area contributed by atoms with Gasteiger partial charge >= 0.3 is 0 Å². The van der Waals surface area contributed by atoms with Gasteiger partial charge in [-0.1, -0.05) is 38.1 Å². The summed E-state index contributed by atoms with van der Waals surface area (Å²) in [6.07, 6.45) is 5.61. The Hall–Kier alpha value is -2.35. The maximum Gasteiger partial charge on any atom is 0.191 e. The van der Waals surface area contributed by atoms with Gasteiger partial charge in [0.2, 0.25) is 0 Å². The highest BCUT2D eigenvalue weighted by atomic mass is 32.2. The minimum atomic E-state index is -2.96. The minimum absolute atomic E-state index is 0.155. The van der Waals surface area contributed by atoms with E-state index in [1.54, 1.807) is 6.20 Å². The van der Waals surface area contributed by atoms with Crippen LogP contribution in [0, 0.1) is 5.41 Å². The van der Waals surface area contributed by atoms with Gasteiger partial charge in [0.1, 0.15) is 9.84 Å². The molecule has 0 bridgehead atoms. The summed E-state index contributed by atoms with van der Waals surface area (Å²) in [6.45, 7) is 8.81. The van der Waals surface area contributed by atoms with Gasteiger partial charge in [0, 0.05) is 31.7 Å². The van der Waals surface area contributed by atoms with Crippen molar-refractivity contribution in [2.24, 2.45) is 10.4 Å². The third-order valence-electron chi connectivity index (χ3n) is 4.65. The Morgan fingerprint density at radius 1 is 1.17 bits per heavy atom. The molecule has 0 atom stereocenters. The van der Waals surface area contributed by atoms with Crippen molar-refractivity contribution in [3.8, 4) is 0 Å². The number of aromatic nitrogens is 2. The molecule has 0 radical (unpaired) electrons. The molecule has 7 nitrogen and oxygen atoms in total. The van der Waals surface area contributed by atoms with E-state index >= 15 is 0 Å². The van der Waals surface area contributed by atoms with Gasteiger partial charge in [0.15, 0.2) is 5.96 Å². The summed E-state index contributed by atoms with van der Waals surface area (Å²) in [5, 5.41) is 10.9. The topological polar surface area (TPSA) is 88.4 Å². The predicted molar refractivity (Wildman–Crippen MR) is 119 cm³/mol. The van der Waals surface area contributed by atoms with Crippen LogP contribution in [0.1, 0.15) is 38.3 Å². The molecular weight excluding hydrogens is 386 g/mol. The average Bonchev–Trinajstić information content (AvgIpc) is 3.16. The highest BCUT2D eigenvalue weighted by Gasteiger charge is 2.20. The predicted octanol–water partition coefficient (Wildman–Crippen LogP) is 2.45. The Balaban J connectivity index is 2.02.